The van der Waals surface area contributed by atoms with Gasteiger partial charge in [-0.2, -0.15) is 0 Å². The Morgan fingerprint density at radius 1 is 1.38 bits per heavy atom. The molecule has 7 heteroatoms. The van der Waals surface area contributed by atoms with Crippen LogP contribution in [0, 0.1) is 12.7 Å². The number of anilines is 1. The number of nitrogens with zero attached hydrogens (tertiary/aromatic N) is 2. The Balaban J connectivity index is 1.86. The molecule has 0 saturated heterocycles. The summed E-state index contributed by atoms with van der Waals surface area (Å²) in [5.41, 5.74) is 7.46. The Hall–Kier alpha value is -1.86. The highest BCUT2D eigenvalue weighted by Crippen LogP contribution is 2.25. The summed E-state index contributed by atoms with van der Waals surface area (Å²) in [6, 6.07) is 5.91. The van der Waals surface area contributed by atoms with Crippen molar-refractivity contribution in [3.8, 4) is 0 Å². The fourth-order valence-corrected chi connectivity index (χ4v) is 3.77. The molecule has 0 fully saturated rings. The van der Waals surface area contributed by atoms with Gasteiger partial charge in [0.2, 0.25) is 0 Å². The van der Waals surface area contributed by atoms with Crippen LogP contribution in [0.25, 0.3) is 4.96 Å². The molecule has 21 heavy (non-hydrogen) atoms. The number of aryl methyl sites for hydroxylation is 1. The van der Waals surface area contributed by atoms with Crippen molar-refractivity contribution in [2.45, 2.75) is 17.6 Å². The lowest BCUT2D eigenvalue weighted by molar-refractivity contribution is 0.625. The van der Waals surface area contributed by atoms with Gasteiger partial charge < -0.3 is 5.73 Å². The molecule has 3 rings (SSSR count). The van der Waals surface area contributed by atoms with Crippen molar-refractivity contribution in [1.82, 2.24) is 9.38 Å². The van der Waals surface area contributed by atoms with E-state index >= 15 is 0 Å². The first-order valence-corrected chi connectivity index (χ1v) is 8.05. The van der Waals surface area contributed by atoms with Gasteiger partial charge in [-0.15, -0.1) is 23.1 Å². The Morgan fingerprint density at radius 2 is 2.19 bits per heavy atom. The van der Waals surface area contributed by atoms with Crippen LogP contribution in [-0.4, -0.2) is 9.38 Å². The van der Waals surface area contributed by atoms with Gasteiger partial charge in [-0.05, 0) is 25.1 Å². The van der Waals surface area contributed by atoms with Crippen molar-refractivity contribution in [2.24, 2.45) is 0 Å². The van der Waals surface area contributed by atoms with Gasteiger partial charge in [0.15, 0.2) is 4.96 Å². The number of thiazole rings is 1. The highest BCUT2D eigenvalue weighted by atomic mass is 32.2. The van der Waals surface area contributed by atoms with Crippen LogP contribution in [0.5, 0.6) is 0 Å². The fourth-order valence-electron chi connectivity index (χ4n) is 2.00. The molecule has 2 heterocycles. The van der Waals surface area contributed by atoms with Crippen molar-refractivity contribution in [2.75, 3.05) is 5.73 Å². The minimum Gasteiger partial charge on any atom is -0.399 e. The number of halogens is 1. The number of hydrogen-bond acceptors (Lipinski definition) is 5. The van der Waals surface area contributed by atoms with Crippen LogP contribution in [0.1, 0.15) is 11.4 Å². The molecular formula is C14H12FN3OS2. The predicted octanol–water partition coefficient (Wildman–Crippen LogP) is 3.08. The summed E-state index contributed by atoms with van der Waals surface area (Å²) in [7, 11) is 0. The van der Waals surface area contributed by atoms with Gasteiger partial charge in [0.1, 0.15) is 5.82 Å². The van der Waals surface area contributed by atoms with E-state index in [1.807, 2.05) is 12.3 Å². The summed E-state index contributed by atoms with van der Waals surface area (Å²) in [6.45, 7) is 1.87. The molecule has 0 aliphatic rings. The zero-order valence-electron chi connectivity index (χ0n) is 11.2. The molecule has 2 N–H and O–H groups in total. The van der Waals surface area contributed by atoms with Gasteiger partial charge in [0.25, 0.3) is 5.56 Å². The van der Waals surface area contributed by atoms with Crippen LogP contribution in [-0.2, 0) is 5.75 Å². The number of rotatable bonds is 3. The molecule has 0 bridgehead atoms. The monoisotopic (exact) mass is 321 g/mol. The Kier molecular flexibility index (Phi) is 3.69. The zero-order valence-corrected chi connectivity index (χ0v) is 12.8. The van der Waals surface area contributed by atoms with Gasteiger partial charge in [0.05, 0.1) is 5.69 Å². The van der Waals surface area contributed by atoms with E-state index in [-0.39, 0.29) is 11.4 Å². The second-order valence-corrected chi connectivity index (χ2v) is 6.48. The lowest BCUT2D eigenvalue weighted by Gasteiger charge is -2.04. The maximum atomic E-state index is 13.3. The Bertz CT molecular complexity index is 852. The van der Waals surface area contributed by atoms with Crippen molar-refractivity contribution in [1.29, 1.82) is 0 Å². The number of aromatic nitrogens is 2. The molecule has 0 aliphatic heterocycles. The number of nitrogen functional groups attached to an aromatic ring is 1. The van der Waals surface area contributed by atoms with Crippen molar-refractivity contribution in [3.05, 3.63) is 57.2 Å². The second-order valence-electron chi connectivity index (χ2n) is 4.59. The van der Waals surface area contributed by atoms with Gasteiger partial charge in [-0.1, -0.05) is 0 Å². The quantitative estimate of drug-likeness (QED) is 0.595. The van der Waals surface area contributed by atoms with E-state index in [0.29, 0.717) is 22.1 Å². The van der Waals surface area contributed by atoms with Crippen LogP contribution in [0.4, 0.5) is 10.1 Å². The van der Waals surface area contributed by atoms with E-state index in [9.17, 15) is 9.18 Å². The standard InChI is InChI=1S/C14H12FN3OS2/c1-8-6-21-14-17-11(5-13(19)18(8)14)7-20-12-3-9(15)2-10(16)4-12/h2-6H,7,16H2,1H3. The normalized spacial score (nSPS) is 11.1. The van der Waals surface area contributed by atoms with Gasteiger partial charge >= 0.3 is 0 Å². The van der Waals surface area contributed by atoms with E-state index in [4.69, 9.17) is 5.73 Å². The molecule has 2 aromatic heterocycles. The summed E-state index contributed by atoms with van der Waals surface area (Å²) in [5, 5.41) is 1.90. The Labute approximate surface area is 128 Å². The smallest absolute Gasteiger partial charge is 0.258 e. The number of nitrogens with two attached hydrogens (primary N) is 1. The third kappa shape index (κ3) is 2.93. The van der Waals surface area contributed by atoms with E-state index in [2.05, 4.69) is 4.98 Å². The van der Waals surface area contributed by atoms with Crippen molar-refractivity contribution in [3.63, 3.8) is 0 Å². The summed E-state index contributed by atoms with van der Waals surface area (Å²) in [4.78, 5) is 17.9. The van der Waals surface area contributed by atoms with Gasteiger partial charge in [-0.25, -0.2) is 9.37 Å². The summed E-state index contributed by atoms with van der Waals surface area (Å²) in [6.07, 6.45) is 0. The van der Waals surface area contributed by atoms with E-state index in [0.717, 1.165) is 10.6 Å². The number of benzene rings is 1. The summed E-state index contributed by atoms with van der Waals surface area (Å²) in [5.74, 6) is 0.126. The molecule has 4 nitrogen and oxygen atoms in total. The lowest BCUT2D eigenvalue weighted by Crippen LogP contribution is -2.14. The summed E-state index contributed by atoms with van der Waals surface area (Å²) >= 11 is 2.83. The predicted molar refractivity (Wildman–Crippen MR) is 84.4 cm³/mol. The topological polar surface area (TPSA) is 60.4 Å². The molecule has 0 amide bonds. The number of hydrogen-bond donors (Lipinski definition) is 1. The third-order valence-electron chi connectivity index (χ3n) is 2.91. The lowest BCUT2D eigenvalue weighted by atomic mass is 10.3. The van der Waals surface area contributed by atoms with Crippen LogP contribution >= 0.6 is 23.1 Å². The molecule has 0 unspecified atom stereocenters. The number of fused-ring (bicyclic) bond motifs is 1. The van der Waals surface area contributed by atoms with E-state index in [1.54, 1.807) is 10.5 Å². The molecule has 0 spiro atoms. The van der Waals surface area contributed by atoms with Crippen LogP contribution in [0.15, 0.2) is 39.3 Å². The zero-order chi connectivity index (χ0) is 15.0. The van der Waals surface area contributed by atoms with Crippen LogP contribution < -0.4 is 11.3 Å². The minimum absolute atomic E-state index is 0.0897. The molecule has 108 valence electrons. The van der Waals surface area contributed by atoms with Crippen molar-refractivity contribution >= 4 is 33.7 Å². The maximum absolute atomic E-state index is 13.3. The number of thioether (sulfide) groups is 1. The van der Waals surface area contributed by atoms with E-state index < -0.39 is 0 Å². The fraction of sp³-hybridized carbons (Fsp3) is 0.143. The molecule has 0 saturated carbocycles. The average molecular weight is 321 g/mol. The highest BCUT2D eigenvalue weighted by Gasteiger charge is 2.07. The SMILES string of the molecule is Cc1csc2nc(CSc3cc(N)cc(F)c3)cc(=O)n12. The van der Waals surface area contributed by atoms with Crippen LogP contribution in [0.2, 0.25) is 0 Å². The first-order chi connectivity index (χ1) is 10.0. The van der Waals surface area contributed by atoms with Crippen LogP contribution in [0.3, 0.4) is 0 Å². The van der Waals surface area contributed by atoms with E-state index in [1.165, 1.54) is 41.3 Å². The Morgan fingerprint density at radius 3 is 2.95 bits per heavy atom. The first kappa shape index (κ1) is 14.1. The molecule has 3 aromatic rings. The summed E-state index contributed by atoms with van der Waals surface area (Å²) < 4.78 is 14.9. The molecule has 0 radical (unpaired) electrons. The molecule has 1 aromatic carbocycles. The minimum atomic E-state index is -0.366. The molecular weight excluding hydrogens is 309 g/mol. The maximum Gasteiger partial charge on any atom is 0.258 e. The van der Waals surface area contributed by atoms with Gasteiger partial charge in [-0.3, -0.25) is 9.20 Å². The average Bonchev–Trinajstić information content (AvgIpc) is 2.77. The first-order valence-electron chi connectivity index (χ1n) is 6.18. The van der Waals surface area contributed by atoms with Gasteiger partial charge in [0, 0.05) is 33.5 Å². The third-order valence-corrected chi connectivity index (χ3v) is 4.86. The largest absolute Gasteiger partial charge is 0.399 e. The molecule has 0 aliphatic carbocycles. The second kappa shape index (κ2) is 5.50. The van der Waals surface area contributed by atoms with Crippen molar-refractivity contribution < 1.29 is 4.39 Å². The molecule has 0 atom stereocenters. The highest BCUT2D eigenvalue weighted by molar-refractivity contribution is 7.98.